The highest BCUT2D eigenvalue weighted by Gasteiger charge is 2.69. The van der Waals surface area contributed by atoms with Gasteiger partial charge in [0.2, 0.25) is 11.8 Å². The highest BCUT2D eigenvalue weighted by atomic mass is 19.1. The van der Waals surface area contributed by atoms with Gasteiger partial charge in [0.1, 0.15) is 11.9 Å². The van der Waals surface area contributed by atoms with Crippen molar-refractivity contribution < 1.29 is 18.4 Å². The highest BCUT2D eigenvalue weighted by Crippen LogP contribution is 2.56. The molecule has 23 heavy (non-hydrogen) atoms. The van der Waals surface area contributed by atoms with E-state index in [0.29, 0.717) is 12.8 Å². The zero-order valence-corrected chi connectivity index (χ0v) is 12.9. The van der Waals surface area contributed by atoms with Crippen LogP contribution in [0.1, 0.15) is 32.6 Å². The summed E-state index contributed by atoms with van der Waals surface area (Å²) in [5.74, 6) is -1.97. The minimum atomic E-state index is -2.11. The molecule has 3 atom stereocenters. The first-order valence-electron chi connectivity index (χ1n) is 7.70. The third kappa shape index (κ3) is 2.15. The van der Waals surface area contributed by atoms with Gasteiger partial charge < -0.3 is 5.73 Å². The highest BCUT2D eigenvalue weighted by molar-refractivity contribution is 6.09. The molecule has 6 heteroatoms. The monoisotopic (exact) mass is 321 g/mol. The minimum Gasteiger partial charge on any atom is -0.368 e. The summed E-state index contributed by atoms with van der Waals surface area (Å²) in [5, 5.41) is 0. The Morgan fingerprint density at radius 3 is 2.74 bits per heavy atom. The number of anilines is 1. The van der Waals surface area contributed by atoms with E-state index in [1.54, 1.807) is 0 Å². The Hall–Kier alpha value is -1.98. The van der Waals surface area contributed by atoms with Crippen molar-refractivity contribution >= 4 is 17.5 Å². The SMILES string of the molecule is CC1(F)C(C(N)=O)N(c2cccc(F)c2)C(=O)C12C[CH]CCC2. The molecule has 1 saturated heterocycles. The molecular formula is C17H19F2N2O2. The summed E-state index contributed by atoms with van der Waals surface area (Å²) in [6.07, 6.45) is 3.98. The lowest BCUT2D eigenvalue weighted by Gasteiger charge is -2.39. The topological polar surface area (TPSA) is 63.4 Å². The van der Waals surface area contributed by atoms with E-state index in [4.69, 9.17) is 5.73 Å². The van der Waals surface area contributed by atoms with Gasteiger partial charge in [-0.05, 0) is 44.4 Å². The number of halogens is 2. The molecular weight excluding hydrogens is 302 g/mol. The van der Waals surface area contributed by atoms with Crippen LogP contribution in [0, 0.1) is 17.7 Å². The lowest BCUT2D eigenvalue weighted by molar-refractivity contribution is -0.132. The molecule has 1 radical (unpaired) electrons. The van der Waals surface area contributed by atoms with Crippen LogP contribution in [0.3, 0.4) is 0 Å². The molecule has 2 aliphatic rings. The van der Waals surface area contributed by atoms with Crippen molar-refractivity contribution in [3.63, 3.8) is 0 Å². The second kappa shape index (κ2) is 5.28. The molecule has 2 N–H and O–H groups in total. The van der Waals surface area contributed by atoms with Crippen molar-refractivity contribution in [3.8, 4) is 0 Å². The number of carbonyl (C=O) groups excluding carboxylic acids is 2. The molecule has 0 aromatic heterocycles. The van der Waals surface area contributed by atoms with E-state index < -0.39 is 34.8 Å². The summed E-state index contributed by atoms with van der Waals surface area (Å²) in [4.78, 5) is 26.0. The Bertz CT molecular complexity index is 654. The second-order valence-corrected chi connectivity index (χ2v) is 6.50. The van der Waals surface area contributed by atoms with Gasteiger partial charge in [0.05, 0.1) is 5.41 Å². The van der Waals surface area contributed by atoms with Gasteiger partial charge in [-0.25, -0.2) is 8.78 Å². The van der Waals surface area contributed by atoms with Crippen molar-refractivity contribution in [1.29, 1.82) is 0 Å². The molecule has 1 aromatic carbocycles. The van der Waals surface area contributed by atoms with Gasteiger partial charge in [-0.15, -0.1) is 0 Å². The number of nitrogens with zero attached hydrogens (tertiary/aromatic N) is 1. The Balaban J connectivity index is 2.15. The molecule has 0 bridgehead atoms. The third-order valence-electron chi connectivity index (χ3n) is 5.20. The first kappa shape index (κ1) is 15.9. The molecule has 4 nitrogen and oxygen atoms in total. The van der Waals surface area contributed by atoms with Gasteiger partial charge in [-0.3, -0.25) is 14.5 Å². The van der Waals surface area contributed by atoms with E-state index in [1.165, 1.54) is 25.1 Å². The second-order valence-electron chi connectivity index (χ2n) is 6.50. The van der Waals surface area contributed by atoms with Crippen LogP contribution in [-0.2, 0) is 9.59 Å². The zero-order valence-electron chi connectivity index (χ0n) is 12.9. The molecule has 2 fully saturated rings. The van der Waals surface area contributed by atoms with Crippen LogP contribution in [0.15, 0.2) is 24.3 Å². The first-order valence-corrected chi connectivity index (χ1v) is 7.70. The van der Waals surface area contributed by atoms with Crippen LogP contribution in [-0.4, -0.2) is 23.5 Å². The van der Waals surface area contributed by atoms with Crippen LogP contribution in [0.2, 0.25) is 0 Å². The largest absolute Gasteiger partial charge is 0.368 e. The minimum absolute atomic E-state index is 0.158. The van der Waals surface area contributed by atoms with E-state index in [1.807, 2.05) is 6.42 Å². The molecule has 1 heterocycles. The molecule has 1 aliphatic carbocycles. The number of alkyl halides is 1. The van der Waals surface area contributed by atoms with Gasteiger partial charge in [0.15, 0.2) is 5.67 Å². The zero-order chi connectivity index (χ0) is 16.8. The lowest BCUT2D eigenvalue weighted by atomic mass is 9.64. The maximum absolute atomic E-state index is 15.7. The standard InChI is InChI=1S/C17H19F2N2O2/c1-16(19)13(14(20)22)21(12-7-5-6-11(18)10-12)15(23)17(16)8-3-2-4-9-17/h3,5-7,10,13H,2,4,8-9H2,1H3,(H2,20,22). The Labute approximate surface area is 133 Å². The normalized spacial score (nSPS) is 30.0. The van der Waals surface area contributed by atoms with E-state index in [9.17, 15) is 14.0 Å². The summed E-state index contributed by atoms with van der Waals surface area (Å²) in [7, 11) is 0. The van der Waals surface area contributed by atoms with Gasteiger partial charge in [-0.2, -0.15) is 0 Å². The Kier molecular flexibility index (Phi) is 3.65. The summed E-state index contributed by atoms with van der Waals surface area (Å²) >= 11 is 0. The van der Waals surface area contributed by atoms with Gasteiger partial charge in [0.25, 0.3) is 0 Å². The fourth-order valence-corrected chi connectivity index (χ4v) is 3.98. The first-order chi connectivity index (χ1) is 10.8. The molecule has 1 aromatic rings. The van der Waals surface area contributed by atoms with Crippen LogP contribution in [0.4, 0.5) is 14.5 Å². The molecule has 2 amide bonds. The quantitative estimate of drug-likeness (QED) is 0.910. The van der Waals surface area contributed by atoms with Crippen molar-refractivity contribution in [2.75, 3.05) is 4.90 Å². The average molecular weight is 321 g/mol. The number of primary amides is 1. The molecule has 1 aliphatic heterocycles. The summed E-state index contributed by atoms with van der Waals surface area (Å²) in [6.45, 7) is 1.26. The van der Waals surface area contributed by atoms with Gasteiger partial charge >= 0.3 is 0 Å². The Morgan fingerprint density at radius 1 is 1.43 bits per heavy atom. The van der Waals surface area contributed by atoms with E-state index in [2.05, 4.69) is 0 Å². The number of nitrogens with two attached hydrogens (primary N) is 1. The van der Waals surface area contributed by atoms with Crippen molar-refractivity contribution in [2.24, 2.45) is 11.1 Å². The number of amides is 2. The number of carbonyl (C=O) groups is 2. The fraction of sp³-hybridized carbons (Fsp3) is 0.471. The molecule has 123 valence electrons. The molecule has 3 rings (SSSR count). The Morgan fingerprint density at radius 2 is 2.17 bits per heavy atom. The maximum atomic E-state index is 15.7. The lowest BCUT2D eigenvalue weighted by Crippen LogP contribution is -2.53. The van der Waals surface area contributed by atoms with Crippen molar-refractivity contribution in [3.05, 3.63) is 36.5 Å². The third-order valence-corrected chi connectivity index (χ3v) is 5.20. The van der Waals surface area contributed by atoms with E-state index in [0.717, 1.165) is 17.4 Å². The molecule has 3 unspecified atom stereocenters. The van der Waals surface area contributed by atoms with Crippen LogP contribution in [0.25, 0.3) is 0 Å². The number of rotatable bonds is 2. The van der Waals surface area contributed by atoms with Crippen LogP contribution in [0.5, 0.6) is 0 Å². The number of hydrogen-bond donors (Lipinski definition) is 1. The fourth-order valence-electron chi connectivity index (χ4n) is 3.98. The summed E-state index contributed by atoms with van der Waals surface area (Å²) in [5.41, 5.74) is 2.15. The summed E-state index contributed by atoms with van der Waals surface area (Å²) < 4.78 is 29.2. The molecule has 1 spiro atoms. The molecule has 1 saturated carbocycles. The van der Waals surface area contributed by atoms with Crippen molar-refractivity contribution in [1.82, 2.24) is 0 Å². The van der Waals surface area contributed by atoms with E-state index in [-0.39, 0.29) is 12.1 Å². The van der Waals surface area contributed by atoms with Crippen LogP contribution >= 0.6 is 0 Å². The number of hydrogen-bond acceptors (Lipinski definition) is 2. The average Bonchev–Trinajstić information content (AvgIpc) is 2.66. The van der Waals surface area contributed by atoms with Crippen molar-refractivity contribution in [2.45, 2.75) is 44.3 Å². The predicted molar refractivity (Wildman–Crippen MR) is 81.6 cm³/mol. The maximum Gasteiger partial charge on any atom is 0.243 e. The predicted octanol–water partition coefficient (Wildman–Crippen LogP) is 2.52. The van der Waals surface area contributed by atoms with Gasteiger partial charge in [0, 0.05) is 5.69 Å². The number of benzene rings is 1. The van der Waals surface area contributed by atoms with Gasteiger partial charge in [-0.1, -0.05) is 18.9 Å². The van der Waals surface area contributed by atoms with E-state index >= 15 is 4.39 Å². The summed E-state index contributed by atoms with van der Waals surface area (Å²) in [6, 6.07) is 3.81. The van der Waals surface area contributed by atoms with Crippen LogP contribution < -0.4 is 10.6 Å². The smallest absolute Gasteiger partial charge is 0.243 e.